The fraction of sp³-hybridized carbons (Fsp3) is 0.417. The Kier molecular flexibility index (Phi) is 6.04. The van der Waals surface area contributed by atoms with Crippen molar-refractivity contribution in [3.8, 4) is 0 Å². The molecule has 28 heavy (non-hydrogen) atoms. The van der Waals surface area contributed by atoms with Gasteiger partial charge in [-0.25, -0.2) is 0 Å². The number of fused-ring (bicyclic) bond motifs is 1. The van der Waals surface area contributed by atoms with Crippen LogP contribution in [0, 0.1) is 6.92 Å². The number of benzene rings is 2. The van der Waals surface area contributed by atoms with Crippen LogP contribution in [0.3, 0.4) is 0 Å². The van der Waals surface area contributed by atoms with E-state index in [0.29, 0.717) is 0 Å². The molecule has 1 unspecified atom stereocenters. The van der Waals surface area contributed by atoms with Crippen molar-refractivity contribution < 1.29 is 0 Å². The van der Waals surface area contributed by atoms with Gasteiger partial charge in [-0.05, 0) is 0 Å². The van der Waals surface area contributed by atoms with E-state index in [1.165, 1.54) is 28.1 Å². The molecule has 1 aliphatic rings. The van der Waals surface area contributed by atoms with Crippen molar-refractivity contribution >= 4 is 37.3 Å². The summed E-state index contributed by atoms with van der Waals surface area (Å²) in [6.45, 7) is 14.1. The second kappa shape index (κ2) is 7.88. The van der Waals surface area contributed by atoms with Gasteiger partial charge in [-0.15, -0.1) is 0 Å². The number of hydrogen-bond donors (Lipinski definition) is 2. The fourth-order valence-electron chi connectivity index (χ4n) is 4.40. The molecule has 1 atom stereocenters. The molecule has 3 rings (SSSR count). The van der Waals surface area contributed by atoms with Gasteiger partial charge in [0.2, 0.25) is 0 Å². The van der Waals surface area contributed by atoms with Crippen LogP contribution in [-0.4, -0.2) is 31.5 Å². The van der Waals surface area contributed by atoms with E-state index < -0.39 is 8.24 Å². The van der Waals surface area contributed by atoms with Crippen LogP contribution in [0.15, 0.2) is 54.6 Å². The van der Waals surface area contributed by atoms with E-state index in [1.54, 1.807) is 0 Å². The van der Waals surface area contributed by atoms with Crippen molar-refractivity contribution in [3.05, 3.63) is 71.3 Å². The molecular formula is C24H33LiN2Si. The van der Waals surface area contributed by atoms with Gasteiger partial charge >= 0.3 is 182 Å². The predicted molar refractivity (Wildman–Crippen MR) is 126 cm³/mol. The number of allylic oxidation sites excluding steroid dienone is 1. The van der Waals surface area contributed by atoms with Crippen LogP contribution in [0.1, 0.15) is 50.3 Å². The molecule has 2 aromatic carbocycles. The van der Waals surface area contributed by atoms with Gasteiger partial charge in [0.25, 0.3) is 0 Å². The number of hydrogen-bond acceptors (Lipinski definition) is 2. The van der Waals surface area contributed by atoms with Gasteiger partial charge in [0.05, 0.1) is 0 Å². The van der Waals surface area contributed by atoms with E-state index in [-0.39, 0.29) is 9.25 Å². The van der Waals surface area contributed by atoms with E-state index in [1.807, 2.05) is 0 Å². The van der Waals surface area contributed by atoms with Gasteiger partial charge in [0.15, 0.2) is 0 Å². The summed E-state index contributed by atoms with van der Waals surface area (Å²) >= 11 is 2.43. The molecule has 0 spiro atoms. The average molecular weight is 385 g/mol. The van der Waals surface area contributed by atoms with Gasteiger partial charge in [0.1, 0.15) is 0 Å². The zero-order valence-corrected chi connectivity index (χ0v) is 19.6. The molecule has 0 aromatic heterocycles. The van der Waals surface area contributed by atoms with Crippen LogP contribution < -0.4 is 10.3 Å². The Morgan fingerprint density at radius 1 is 1.00 bits per heavy atom. The van der Waals surface area contributed by atoms with Gasteiger partial charge in [-0.3, -0.25) is 0 Å². The van der Waals surface area contributed by atoms with E-state index in [2.05, 4.69) is 123 Å². The molecule has 4 heteroatoms. The molecule has 0 radical (unpaired) electrons. The molecule has 0 heterocycles. The summed E-state index contributed by atoms with van der Waals surface area (Å²) in [7, 11) is -1.86. The Bertz CT molecular complexity index is 886. The molecule has 2 aromatic rings. The van der Waals surface area contributed by atoms with E-state index in [9.17, 15) is 0 Å². The van der Waals surface area contributed by atoms with Crippen molar-refractivity contribution in [1.29, 1.82) is 0 Å². The van der Waals surface area contributed by atoms with Crippen molar-refractivity contribution in [2.75, 3.05) is 5.32 Å². The van der Waals surface area contributed by atoms with Crippen LogP contribution >= 0.6 is 0 Å². The summed E-state index contributed by atoms with van der Waals surface area (Å²) in [4.78, 5) is 4.15. The summed E-state index contributed by atoms with van der Waals surface area (Å²) in [5.74, 6) is 0. The van der Waals surface area contributed by atoms with E-state index >= 15 is 0 Å². The zero-order chi connectivity index (χ0) is 20.6. The molecule has 1 aliphatic carbocycles. The number of para-hydroxylation sites is 1. The molecule has 0 saturated carbocycles. The summed E-state index contributed by atoms with van der Waals surface area (Å²) in [6, 6.07) is 17.5. The third-order valence-corrected chi connectivity index (χ3v) is 11.3. The fourth-order valence-corrected chi connectivity index (χ4v) is 7.92. The first-order chi connectivity index (χ1) is 13.2. The SMILES string of the molecule is [Li][C]1([Si](C)(C)NC(C)(CC)CC)C=C(Nc2ccccc2C)c2ccccc21. The number of nitrogens with one attached hydrogen (secondary N) is 2. The minimum atomic E-state index is -1.86. The number of rotatable bonds is 7. The first-order valence-corrected chi connectivity index (χ1v) is 13.6. The Labute approximate surface area is 181 Å². The normalized spacial score (nSPS) is 19.4. The molecule has 0 fully saturated rings. The van der Waals surface area contributed by atoms with Gasteiger partial charge < -0.3 is 0 Å². The zero-order valence-electron chi connectivity index (χ0n) is 18.6. The second-order valence-electron chi connectivity index (χ2n) is 9.26. The topological polar surface area (TPSA) is 24.1 Å². The predicted octanol–water partition coefficient (Wildman–Crippen LogP) is 5.74. The average Bonchev–Trinajstić information content (AvgIpc) is 2.97. The molecule has 0 bridgehead atoms. The maximum absolute atomic E-state index is 4.15. The van der Waals surface area contributed by atoms with Crippen LogP contribution in [0.25, 0.3) is 5.70 Å². The standard InChI is InChI=1S/C24H33N2Si.Li/c1-7-24(4,8-2)26-27(5,6)23-17-22(19-14-10-11-15-20(19)23)25-21-16-12-9-13-18(21)3;/h9-17,25-26H,7-8H2,1-6H3;. The molecule has 0 saturated heterocycles. The van der Waals surface area contributed by atoms with E-state index in [0.717, 1.165) is 12.8 Å². The van der Waals surface area contributed by atoms with Crippen molar-refractivity contribution in [2.24, 2.45) is 0 Å². The summed E-state index contributed by atoms with van der Waals surface area (Å²) < 4.78 is 0.0280. The second-order valence-corrected chi connectivity index (χ2v) is 13.8. The van der Waals surface area contributed by atoms with Crippen LogP contribution in [-0.2, 0) is 3.71 Å². The first kappa shape index (κ1) is 21.5. The quantitative estimate of drug-likeness (QED) is 0.595. The van der Waals surface area contributed by atoms with E-state index in [4.69, 9.17) is 0 Å². The Hall–Kier alpha value is -1.25. The molecule has 2 N–H and O–H groups in total. The van der Waals surface area contributed by atoms with Gasteiger partial charge in [-0.1, -0.05) is 0 Å². The third kappa shape index (κ3) is 3.78. The monoisotopic (exact) mass is 384 g/mol. The van der Waals surface area contributed by atoms with Crippen LogP contribution in [0.5, 0.6) is 0 Å². The number of aryl methyl sites for hydroxylation is 1. The first-order valence-electron chi connectivity index (χ1n) is 10.6. The summed E-state index contributed by atoms with van der Waals surface area (Å²) in [5, 5.41) is 3.74. The summed E-state index contributed by atoms with van der Waals surface area (Å²) in [5.41, 5.74) is 6.67. The Morgan fingerprint density at radius 3 is 2.25 bits per heavy atom. The minimum absolute atomic E-state index is 0.0280. The maximum atomic E-state index is 4.15. The Morgan fingerprint density at radius 2 is 1.61 bits per heavy atom. The molecule has 2 nitrogen and oxygen atoms in total. The molecule has 0 aliphatic heterocycles. The molecule has 144 valence electrons. The van der Waals surface area contributed by atoms with Crippen molar-refractivity contribution in [2.45, 2.75) is 62.9 Å². The van der Waals surface area contributed by atoms with Gasteiger partial charge in [0, 0.05) is 0 Å². The molecular weight excluding hydrogens is 351 g/mol. The number of anilines is 1. The molecule has 0 amide bonds. The van der Waals surface area contributed by atoms with Gasteiger partial charge in [-0.2, -0.15) is 0 Å². The van der Waals surface area contributed by atoms with Crippen LogP contribution in [0.4, 0.5) is 5.69 Å². The Balaban J connectivity index is 2.05. The third-order valence-electron chi connectivity index (χ3n) is 7.10. The van der Waals surface area contributed by atoms with Crippen LogP contribution in [0.2, 0.25) is 13.1 Å². The van der Waals surface area contributed by atoms with Crippen molar-refractivity contribution in [1.82, 2.24) is 4.98 Å². The summed E-state index contributed by atoms with van der Waals surface area (Å²) in [6.07, 6.45) is 4.79. The van der Waals surface area contributed by atoms with Crippen molar-refractivity contribution in [3.63, 3.8) is 0 Å².